The fourth-order valence-electron chi connectivity index (χ4n) is 1.91. The topological polar surface area (TPSA) is 15.7 Å². The maximum atomic E-state index is 12.5. The summed E-state index contributed by atoms with van der Waals surface area (Å²) < 4.78 is 43.0. The maximum absolute atomic E-state index is 12.5. The van der Waals surface area contributed by atoms with Crippen LogP contribution in [0.4, 0.5) is 13.2 Å². The standard InChI is InChI=1S/C13H17F3N2O/c1-17-5-7-18(8-6-17)10-19-12-4-2-3-11(9-12)13(14,15)16/h2-4,9H,5-8,10H2,1H3. The van der Waals surface area contributed by atoms with Gasteiger partial charge in [-0.3, -0.25) is 4.90 Å². The summed E-state index contributed by atoms with van der Waals surface area (Å²) in [4.78, 5) is 4.29. The van der Waals surface area contributed by atoms with E-state index in [4.69, 9.17) is 4.74 Å². The second kappa shape index (κ2) is 5.79. The molecule has 1 fully saturated rings. The summed E-state index contributed by atoms with van der Waals surface area (Å²) >= 11 is 0. The second-order valence-electron chi connectivity index (χ2n) is 4.72. The Kier molecular flexibility index (Phi) is 4.31. The normalized spacial score (nSPS) is 18.5. The van der Waals surface area contributed by atoms with Gasteiger partial charge in [0, 0.05) is 26.2 Å². The third kappa shape index (κ3) is 4.11. The molecule has 0 amide bonds. The number of rotatable bonds is 3. The van der Waals surface area contributed by atoms with Gasteiger partial charge >= 0.3 is 6.18 Å². The Bertz CT molecular complexity index is 415. The van der Waals surface area contributed by atoms with E-state index in [0.717, 1.165) is 38.3 Å². The first-order valence-corrected chi connectivity index (χ1v) is 6.16. The molecule has 1 aliphatic rings. The third-order valence-electron chi connectivity index (χ3n) is 3.17. The van der Waals surface area contributed by atoms with Crippen LogP contribution in [0, 0.1) is 0 Å². The van der Waals surface area contributed by atoms with Gasteiger partial charge in [-0.2, -0.15) is 13.2 Å². The molecule has 0 radical (unpaired) electrons. The largest absolute Gasteiger partial charge is 0.478 e. The molecule has 0 aromatic heterocycles. The number of hydrogen-bond acceptors (Lipinski definition) is 3. The summed E-state index contributed by atoms with van der Waals surface area (Å²) in [7, 11) is 2.05. The van der Waals surface area contributed by atoms with E-state index in [9.17, 15) is 13.2 Å². The fraction of sp³-hybridized carbons (Fsp3) is 0.538. The third-order valence-corrected chi connectivity index (χ3v) is 3.17. The van der Waals surface area contributed by atoms with Gasteiger partial charge in [-0.05, 0) is 25.2 Å². The smallest absolute Gasteiger partial charge is 0.416 e. The molecule has 106 valence electrons. The lowest BCUT2D eigenvalue weighted by Gasteiger charge is -2.31. The molecule has 6 heteroatoms. The van der Waals surface area contributed by atoms with E-state index in [2.05, 4.69) is 9.80 Å². The molecule has 1 saturated heterocycles. The fourth-order valence-corrected chi connectivity index (χ4v) is 1.91. The number of ether oxygens (including phenoxy) is 1. The van der Waals surface area contributed by atoms with Crippen molar-refractivity contribution >= 4 is 0 Å². The summed E-state index contributed by atoms with van der Waals surface area (Å²) in [5.74, 6) is 0.258. The molecule has 1 aromatic carbocycles. The Morgan fingerprint density at radius 2 is 1.84 bits per heavy atom. The van der Waals surface area contributed by atoms with Crippen molar-refractivity contribution in [3.63, 3.8) is 0 Å². The zero-order chi connectivity index (χ0) is 13.9. The molecule has 2 rings (SSSR count). The summed E-state index contributed by atoms with van der Waals surface area (Å²) in [6, 6.07) is 4.99. The van der Waals surface area contributed by atoms with Gasteiger partial charge in [-0.25, -0.2) is 0 Å². The Morgan fingerprint density at radius 3 is 2.47 bits per heavy atom. The summed E-state index contributed by atoms with van der Waals surface area (Å²) in [6.45, 7) is 3.97. The van der Waals surface area contributed by atoms with Gasteiger partial charge in [0.15, 0.2) is 0 Å². The van der Waals surface area contributed by atoms with Crippen LogP contribution >= 0.6 is 0 Å². The minimum Gasteiger partial charge on any atom is -0.478 e. The van der Waals surface area contributed by atoms with Crippen molar-refractivity contribution in [3.05, 3.63) is 29.8 Å². The van der Waals surface area contributed by atoms with Gasteiger partial charge < -0.3 is 9.64 Å². The van der Waals surface area contributed by atoms with Crippen LogP contribution in [0.5, 0.6) is 5.75 Å². The lowest BCUT2D eigenvalue weighted by atomic mass is 10.2. The SMILES string of the molecule is CN1CCN(COc2cccc(C(F)(F)F)c2)CC1. The number of nitrogens with zero attached hydrogens (tertiary/aromatic N) is 2. The minimum absolute atomic E-state index is 0.258. The molecule has 0 spiro atoms. The van der Waals surface area contributed by atoms with Crippen LogP contribution in [0.3, 0.4) is 0 Å². The number of alkyl halides is 3. The van der Waals surface area contributed by atoms with Gasteiger partial charge in [-0.1, -0.05) is 6.07 Å². The van der Waals surface area contributed by atoms with Crippen molar-refractivity contribution in [1.82, 2.24) is 9.80 Å². The Morgan fingerprint density at radius 1 is 1.16 bits per heavy atom. The van der Waals surface area contributed by atoms with Gasteiger partial charge in [0.2, 0.25) is 0 Å². The zero-order valence-corrected chi connectivity index (χ0v) is 10.8. The van der Waals surface area contributed by atoms with E-state index in [-0.39, 0.29) is 5.75 Å². The molecule has 1 aliphatic heterocycles. The average Bonchev–Trinajstić information content (AvgIpc) is 2.37. The van der Waals surface area contributed by atoms with Crippen LogP contribution in [0.25, 0.3) is 0 Å². The van der Waals surface area contributed by atoms with Crippen LogP contribution in [0.2, 0.25) is 0 Å². The molecule has 0 atom stereocenters. The molecule has 0 aliphatic carbocycles. The summed E-state index contributed by atoms with van der Waals surface area (Å²) in [5, 5.41) is 0. The van der Waals surface area contributed by atoms with Gasteiger partial charge in [0.1, 0.15) is 12.5 Å². The molecule has 0 saturated carbocycles. The lowest BCUT2D eigenvalue weighted by Crippen LogP contribution is -2.45. The number of hydrogen-bond donors (Lipinski definition) is 0. The Balaban J connectivity index is 1.89. The molecular weight excluding hydrogens is 257 g/mol. The highest BCUT2D eigenvalue weighted by atomic mass is 19.4. The molecule has 0 N–H and O–H groups in total. The van der Waals surface area contributed by atoms with Crippen molar-refractivity contribution in [2.45, 2.75) is 6.18 Å². The molecular formula is C13H17F3N2O. The molecule has 0 bridgehead atoms. The molecule has 1 heterocycles. The van der Waals surface area contributed by atoms with Crippen LogP contribution in [-0.2, 0) is 6.18 Å². The Labute approximate surface area is 110 Å². The monoisotopic (exact) mass is 274 g/mol. The summed E-state index contributed by atoms with van der Waals surface area (Å²) in [6.07, 6.45) is -4.33. The van der Waals surface area contributed by atoms with E-state index in [0.29, 0.717) is 6.73 Å². The number of halogens is 3. The molecule has 1 aromatic rings. The maximum Gasteiger partial charge on any atom is 0.416 e. The first-order valence-electron chi connectivity index (χ1n) is 6.16. The van der Waals surface area contributed by atoms with Crippen molar-refractivity contribution in [3.8, 4) is 5.75 Å². The van der Waals surface area contributed by atoms with Crippen LogP contribution in [0.15, 0.2) is 24.3 Å². The van der Waals surface area contributed by atoms with E-state index in [1.165, 1.54) is 6.07 Å². The van der Waals surface area contributed by atoms with Crippen molar-refractivity contribution in [2.24, 2.45) is 0 Å². The van der Waals surface area contributed by atoms with Gasteiger partial charge in [-0.15, -0.1) is 0 Å². The number of likely N-dealkylation sites (N-methyl/N-ethyl adjacent to an activating group) is 1. The van der Waals surface area contributed by atoms with Crippen molar-refractivity contribution in [2.75, 3.05) is 40.0 Å². The van der Waals surface area contributed by atoms with Gasteiger partial charge in [0.25, 0.3) is 0 Å². The van der Waals surface area contributed by atoms with E-state index in [1.54, 1.807) is 6.07 Å². The van der Waals surface area contributed by atoms with Crippen molar-refractivity contribution in [1.29, 1.82) is 0 Å². The van der Waals surface area contributed by atoms with Crippen molar-refractivity contribution < 1.29 is 17.9 Å². The van der Waals surface area contributed by atoms with Crippen LogP contribution in [-0.4, -0.2) is 49.8 Å². The quantitative estimate of drug-likeness (QED) is 0.841. The predicted molar refractivity (Wildman–Crippen MR) is 66.0 cm³/mol. The van der Waals surface area contributed by atoms with Crippen LogP contribution < -0.4 is 4.74 Å². The molecule has 19 heavy (non-hydrogen) atoms. The molecule has 0 unspecified atom stereocenters. The number of benzene rings is 1. The molecule has 3 nitrogen and oxygen atoms in total. The predicted octanol–water partition coefficient (Wildman–Crippen LogP) is 2.29. The highest BCUT2D eigenvalue weighted by Gasteiger charge is 2.30. The van der Waals surface area contributed by atoms with E-state index >= 15 is 0 Å². The average molecular weight is 274 g/mol. The highest BCUT2D eigenvalue weighted by molar-refractivity contribution is 5.30. The minimum atomic E-state index is -4.33. The van der Waals surface area contributed by atoms with E-state index < -0.39 is 11.7 Å². The number of piperazine rings is 1. The van der Waals surface area contributed by atoms with E-state index in [1.807, 2.05) is 7.05 Å². The lowest BCUT2D eigenvalue weighted by molar-refractivity contribution is -0.137. The first-order chi connectivity index (χ1) is 8.95. The summed E-state index contributed by atoms with van der Waals surface area (Å²) in [5.41, 5.74) is -0.677. The van der Waals surface area contributed by atoms with Gasteiger partial charge in [0.05, 0.1) is 5.56 Å². The second-order valence-corrected chi connectivity index (χ2v) is 4.72. The Hall–Kier alpha value is -1.27. The van der Waals surface area contributed by atoms with Crippen LogP contribution in [0.1, 0.15) is 5.56 Å². The zero-order valence-electron chi connectivity index (χ0n) is 10.8. The first kappa shape index (κ1) is 14.1. The highest BCUT2D eigenvalue weighted by Crippen LogP contribution is 2.31.